The highest BCUT2D eigenvalue weighted by Crippen LogP contribution is 2.31. The largest absolute Gasteiger partial charge is 0.486 e. The summed E-state index contributed by atoms with van der Waals surface area (Å²) in [6, 6.07) is 9.23. The Morgan fingerprint density at radius 1 is 1.05 bits per heavy atom. The van der Waals surface area contributed by atoms with Gasteiger partial charge >= 0.3 is 0 Å². The number of ether oxygens (including phenoxy) is 2. The van der Waals surface area contributed by atoms with E-state index in [1.807, 2.05) is 0 Å². The fourth-order valence-electron chi connectivity index (χ4n) is 2.22. The average molecular weight is 272 g/mol. The van der Waals surface area contributed by atoms with Gasteiger partial charge in [0.05, 0.1) is 0 Å². The van der Waals surface area contributed by atoms with Crippen LogP contribution >= 0.6 is 0 Å². The van der Waals surface area contributed by atoms with Crippen LogP contribution < -0.4 is 9.47 Å². The molecule has 0 unspecified atom stereocenters. The van der Waals surface area contributed by atoms with E-state index in [1.165, 1.54) is 18.2 Å². The maximum atomic E-state index is 13.1. The molecule has 0 radical (unpaired) electrons. The van der Waals surface area contributed by atoms with Crippen molar-refractivity contribution in [2.24, 2.45) is 0 Å². The van der Waals surface area contributed by atoms with Crippen molar-refractivity contribution in [2.75, 3.05) is 13.2 Å². The molecular formula is C16H13FO3. The van der Waals surface area contributed by atoms with Gasteiger partial charge in [0, 0.05) is 11.1 Å². The van der Waals surface area contributed by atoms with Gasteiger partial charge in [0.1, 0.15) is 19.0 Å². The van der Waals surface area contributed by atoms with Crippen LogP contribution in [0.25, 0.3) is 0 Å². The van der Waals surface area contributed by atoms with E-state index in [1.54, 1.807) is 25.1 Å². The van der Waals surface area contributed by atoms with E-state index in [4.69, 9.17) is 9.47 Å². The minimum absolute atomic E-state index is 0.153. The Morgan fingerprint density at radius 3 is 2.55 bits per heavy atom. The Balaban J connectivity index is 1.98. The van der Waals surface area contributed by atoms with Crippen LogP contribution in [0, 0.1) is 12.7 Å². The number of rotatable bonds is 2. The highest BCUT2D eigenvalue weighted by Gasteiger charge is 2.17. The smallest absolute Gasteiger partial charge is 0.193 e. The van der Waals surface area contributed by atoms with Crippen LogP contribution in [0.2, 0.25) is 0 Å². The Kier molecular flexibility index (Phi) is 3.14. The zero-order valence-electron chi connectivity index (χ0n) is 11.0. The summed E-state index contributed by atoms with van der Waals surface area (Å²) in [4.78, 5) is 12.4. The zero-order chi connectivity index (χ0) is 14.1. The van der Waals surface area contributed by atoms with Gasteiger partial charge in [0.25, 0.3) is 0 Å². The van der Waals surface area contributed by atoms with Crippen molar-refractivity contribution in [1.82, 2.24) is 0 Å². The van der Waals surface area contributed by atoms with Gasteiger partial charge in [-0.1, -0.05) is 0 Å². The molecule has 102 valence electrons. The molecule has 1 aliphatic heterocycles. The fraction of sp³-hybridized carbons (Fsp3) is 0.188. The third kappa shape index (κ3) is 2.25. The molecule has 2 aromatic carbocycles. The van der Waals surface area contributed by atoms with Crippen molar-refractivity contribution in [3.63, 3.8) is 0 Å². The SMILES string of the molecule is Cc1cc(F)ccc1C(=O)c1ccc2c(c1)OCCO2. The first-order chi connectivity index (χ1) is 9.65. The van der Waals surface area contributed by atoms with Crippen molar-refractivity contribution >= 4 is 5.78 Å². The van der Waals surface area contributed by atoms with Crippen molar-refractivity contribution in [2.45, 2.75) is 6.92 Å². The lowest BCUT2D eigenvalue weighted by Gasteiger charge is -2.18. The molecule has 2 aromatic rings. The Morgan fingerprint density at radius 2 is 1.80 bits per heavy atom. The molecule has 0 saturated heterocycles. The number of hydrogen-bond acceptors (Lipinski definition) is 3. The first kappa shape index (κ1) is 12.7. The van der Waals surface area contributed by atoms with Crippen LogP contribution in [0.1, 0.15) is 21.5 Å². The molecular weight excluding hydrogens is 259 g/mol. The molecule has 1 aliphatic rings. The van der Waals surface area contributed by atoms with Crippen LogP contribution in [-0.2, 0) is 0 Å². The number of halogens is 1. The predicted molar refractivity (Wildman–Crippen MR) is 72.0 cm³/mol. The van der Waals surface area contributed by atoms with Crippen LogP contribution in [0.4, 0.5) is 4.39 Å². The molecule has 0 aliphatic carbocycles. The topological polar surface area (TPSA) is 35.5 Å². The minimum atomic E-state index is -0.346. The van der Waals surface area contributed by atoms with E-state index in [0.29, 0.717) is 41.4 Å². The average Bonchev–Trinajstić information content (AvgIpc) is 2.46. The predicted octanol–water partition coefficient (Wildman–Crippen LogP) is 3.14. The number of carbonyl (C=O) groups is 1. The summed E-state index contributed by atoms with van der Waals surface area (Å²) >= 11 is 0. The summed E-state index contributed by atoms with van der Waals surface area (Å²) in [5.74, 6) is 0.714. The summed E-state index contributed by atoms with van der Waals surface area (Å²) in [5.41, 5.74) is 1.61. The van der Waals surface area contributed by atoms with Crippen molar-refractivity contribution < 1.29 is 18.7 Å². The maximum absolute atomic E-state index is 13.1. The molecule has 0 bridgehead atoms. The third-order valence-electron chi connectivity index (χ3n) is 3.24. The van der Waals surface area contributed by atoms with Crippen molar-refractivity contribution in [3.05, 3.63) is 58.9 Å². The summed E-state index contributed by atoms with van der Waals surface area (Å²) in [6.45, 7) is 2.70. The fourth-order valence-corrected chi connectivity index (χ4v) is 2.22. The molecule has 1 heterocycles. The maximum Gasteiger partial charge on any atom is 0.193 e. The van der Waals surface area contributed by atoms with Crippen LogP contribution in [0.3, 0.4) is 0 Å². The molecule has 3 nitrogen and oxygen atoms in total. The van der Waals surface area contributed by atoms with Crippen molar-refractivity contribution in [1.29, 1.82) is 0 Å². The summed E-state index contributed by atoms with van der Waals surface area (Å²) < 4.78 is 24.0. The molecule has 0 amide bonds. The third-order valence-corrected chi connectivity index (χ3v) is 3.24. The van der Waals surface area contributed by atoms with Gasteiger partial charge in [-0.2, -0.15) is 0 Å². The lowest BCUT2D eigenvalue weighted by molar-refractivity contribution is 0.103. The Bertz CT molecular complexity index is 679. The van der Waals surface area contributed by atoms with Gasteiger partial charge in [-0.15, -0.1) is 0 Å². The lowest BCUT2D eigenvalue weighted by Crippen LogP contribution is -2.16. The summed E-state index contributed by atoms with van der Waals surface area (Å²) in [5, 5.41) is 0. The first-order valence-corrected chi connectivity index (χ1v) is 6.35. The second kappa shape index (κ2) is 4.96. The Hall–Kier alpha value is -2.36. The number of hydrogen-bond donors (Lipinski definition) is 0. The van der Waals surface area contributed by atoms with Gasteiger partial charge < -0.3 is 9.47 Å². The quantitative estimate of drug-likeness (QED) is 0.788. The molecule has 3 rings (SSSR count). The van der Waals surface area contributed by atoms with E-state index in [-0.39, 0.29) is 11.6 Å². The lowest BCUT2D eigenvalue weighted by atomic mass is 9.98. The van der Waals surface area contributed by atoms with Gasteiger partial charge in [0.2, 0.25) is 0 Å². The highest BCUT2D eigenvalue weighted by atomic mass is 19.1. The van der Waals surface area contributed by atoms with Gasteiger partial charge in [0.15, 0.2) is 17.3 Å². The molecule has 0 fully saturated rings. The second-order valence-corrected chi connectivity index (χ2v) is 4.65. The van der Waals surface area contributed by atoms with E-state index in [2.05, 4.69) is 0 Å². The van der Waals surface area contributed by atoms with E-state index in [9.17, 15) is 9.18 Å². The molecule has 4 heteroatoms. The zero-order valence-corrected chi connectivity index (χ0v) is 11.0. The van der Waals surface area contributed by atoms with Crippen molar-refractivity contribution in [3.8, 4) is 11.5 Å². The number of aryl methyl sites for hydroxylation is 1. The minimum Gasteiger partial charge on any atom is -0.486 e. The number of ketones is 1. The first-order valence-electron chi connectivity index (χ1n) is 6.35. The number of carbonyl (C=O) groups excluding carboxylic acids is 1. The number of benzene rings is 2. The van der Waals surface area contributed by atoms with E-state index in [0.717, 1.165) is 0 Å². The molecule has 0 aromatic heterocycles. The van der Waals surface area contributed by atoms with Crippen LogP contribution in [0.15, 0.2) is 36.4 Å². The summed E-state index contributed by atoms with van der Waals surface area (Å²) in [6.07, 6.45) is 0. The van der Waals surface area contributed by atoms with Crippen LogP contribution in [0.5, 0.6) is 11.5 Å². The summed E-state index contributed by atoms with van der Waals surface area (Å²) in [7, 11) is 0. The van der Waals surface area contributed by atoms with Gasteiger partial charge in [-0.05, 0) is 48.9 Å². The van der Waals surface area contributed by atoms with E-state index < -0.39 is 0 Å². The standard InChI is InChI=1S/C16H13FO3/c1-10-8-12(17)3-4-13(10)16(18)11-2-5-14-15(9-11)20-7-6-19-14/h2-5,8-9H,6-7H2,1H3. The number of fused-ring (bicyclic) bond motifs is 1. The normalized spacial score (nSPS) is 13.1. The monoisotopic (exact) mass is 272 g/mol. The molecule has 0 atom stereocenters. The highest BCUT2D eigenvalue weighted by molar-refractivity contribution is 6.10. The molecule has 0 N–H and O–H groups in total. The van der Waals surface area contributed by atoms with Gasteiger partial charge in [-0.3, -0.25) is 4.79 Å². The molecule has 20 heavy (non-hydrogen) atoms. The Labute approximate surface area is 115 Å². The van der Waals surface area contributed by atoms with Crippen LogP contribution in [-0.4, -0.2) is 19.0 Å². The molecule has 0 spiro atoms. The molecule has 0 saturated carbocycles. The second-order valence-electron chi connectivity index (χ2n) is 4.65. The van der Waals surface area contributed by atoms with E-state index >= 15 is 0 Å². The van der Waals surface area contributed by atoms with Gasteiger partial charge in [-0.25, -0.2) is 4.39 Å².